The minimum atomic E-state index is -0.676. The largest absolute Gasteiger partial charge is 0.339 e. The SMILES string of the molecule is NCC1CCN(C(=O)/C=C/c2c(F)cccc2F)C1. The summed E-state index contributed by atoms with van der Waals surface area (Å²) in [6.07, 6.45) is 3.27. The highest BCUT2D eigenvalue weighted by Gasteiger charge is 2.23. The van der Waals surface area contributed by atoms with Crippen molar-refractivity contribution in [3.8, 4) is 0 Å². The molecule has 1 amide bonds. The highest BCUT2D eigenvalue weighted by atomic mass is 19.1. The maximum atomic E-state index is 13.4. The molecule has 0 bridgehead atoms. The first-order valence-electron chi connectivity index (χ1n) is 6.23. The molecule has 1 aromatic rings. The minimum absolute atomic E-state index is 0.189. The summed E-state index contributed by atoms with van der Waals surface area (Å²) >= 11 is 0. The summed E-state index contributed by atoms with van der Waals surface area (Å²) in [6, 6.07) is 3.61. The number of nitrogens with two attached hydrogens (primary N) is 1. The molecule has 5 heteroatoms. The lowest BCUT2D eigenvalue weighted by atomic mass is 10.1. The maximum absolute atomic E-state index is 13.4. The second-order valence-corrected chi connectivity index (χ2v) is 4.64. The lowest BCUT2D eigenvalue weighted by Crippen LogP contribution is -2.28. The van der Waals surface area contributed by atoms with Gasteiger partial charge >= 0.3 is 0 Å². The van der Waals surface area contributed by atoms with Gasteiger partial charge in [-0.1, -0.05) is 6.07 Å². The predicted molar refractivity (Wildman–Crippen MR) is 69.1 cm³/mol. The van der Waals surface area contributed by atoms with E-state index in [1.54, 1.807) is 4.90 Å². The van der Waals surface area contributed by atoms with E-state index in [4.69, 9.17) is 5.73 Å². The summed E-state index contributed by atoms with van der Waals surface area (Å²) in [5, 5.41) is 0. The van der Waals surface area contributed by atoms with Crippen molar-refractivity contribution in [2.24, 2.45) is 11.7 Å². The highest BCUT2D eigenvalue weighted by molar-refractivity contribution is 5.92. The van der Waals surface area contributed by atoms with E-state index in [1.165, 1.54) is 18.2 Å². The lowest BCUT2D eigenvalue weighted by Gasteiger charge is -2.13. The third-order valence-electron chi connectivity index (χ3n) is 3.32. The van der Waals surface area contributed by atoms with E-state index in [1.807, 2.05) is 0 Å². The Morgan fingerprint density at radius 1 is 1.42 bits per heavy atom. The van der Waals surface area contributed by atoms with Crippen LogP contribution in [0.4, 0.5) is 8.78 Å². The van der Waals surface area contributed by atoms with Crippen molar-refractivity contribution in [3.05, 3.63) is 41.5 Å². The van der Waals surface area contributed by atoms with E-state index in [0.29, 0.717) is 25.6 Å². The van der Waals surface area contributed by atoms with Gasteiger partial charge in [0.2, 0.25) is 5.91 Å². The quantitative estimate of drug-likeness (QED) is 0.848. The van der Waals surface area contributed by atoms with Gasteiger partial charge in [-0.2, -0.15) is 0 Å². The Hall–Kier alpha value is -1.75. The number of nitrogens with zero attached hydrogens (tertiary/aromatic N) is 1. The first-order valence-corrected chi connectivity index (χ1v) is 6.23. The molecule has 19 heavy (non-hydrogen) atoms. The van der Waals surface area contributed by atoms with Crippen molar-refractivity contribution in [3.63, 3.8) is 0 Å². The zero-order valence-electron chi connectivity index (χ0n) is 10.5. The van der Waals surface area contributed by atoms with Gasteiger partial charge in [-0.15, -0.1) is 0 Å². The summed E-state index contributed by atoms with van der Waals surface area (Å²) in [6.45, 7) is 1.81. The second kappa shape index (κ2) is 5.93. The van der Waals surface area contributed by atoms with E-state index in [-0.39, 0.29) is 11.5 Å². The van der Waals surface area contributed by atoms with E-state index < -0.39 is 11.6 Å². The van der Waals surface area contributed by atoms with Gasteiger partial charge in [-0.3, -0.25) is 4.79 Å². The topological polar surface area (TPSA) is 46.3 Å². The van der Waals surface area contributed by atoms with Gasteiger partial charge in [0, 0.05) is 24.7 Å². The van der Waals surface area contributed by atoms with Crippen LogP contribution in [0, 0.1) is 17.6 Å². The molecular weight excluding hydrogens is 250 g/mol. The van der Waals surface area contributed by atoms with Crippen molar-refractivity contribution in [1.29, 1.82) is 0 Å². The fourth-order valence-electron chi connectivity index (χ4n) is 2.16. The van der Waals surface area contributed by atoms with Crippen LogP contribution in [-0.4, -0.2) is 30.4 Å². The van der Waals surface area contributed by atoms with Gasteiger partial charge < -0.3 is 10.6 Å². The van der Waals surface area contributed by atoms with Gasteiger partial charge in [0.05, 0.1) is 0 Å². The summed E-state index contributed by atoms with van der Waals surface area (Å²) in [7, 11) is 0. The molecule has 0 aromatic heterocycles. The molecule has 1 aliphatic heterocycles. The predicted octanol–water partition coefficient (Wildman–Crippen LogP) is 1.79. The van der Waals surface area contributed by atoms with Gasteiger partial charge in [0.15, 0.2) is 0 Å². The second-order valence-electron chi connectivity index (χ2n) is 4.64. The van der Waals surface area contributed by atoms with Crippen LogP contribution in [-0.2, 0) is 4.79 Å². The molecule has 0 aliphatic carbocycles. The number of rotatable bonds is 3. The zero-order valence-corrected chi connectivity index (χ0v) is 10.5. The number of likely N-dealkylation sites (tertiary alicyclic amines) is 1. The molecule has 1 unspecified atom stereocenters. The number of halogens is 2. The van der Waals surface area contributed by atoms with Gasteiger partial charge in [-0.25, -0.2) is 8.78 Å². The maximum Gasteiger partial charge on any atom is 0.246 e. The number of hydrogen-bond acceptors (Lipinski definition) is 2. The molecule has 1 fully saturated rings. The Balaban J connectivity index is 2.05. The summed E-state index contributed by atoms with van der Waals surface area (Å²) < 4.78 is 26.7. The molecule has 2 rings (SSSR count). The van der Waals surface area contributed by atoms with Crippen molar-refractivity contribution in [2.75, 3.05) is 19.6 Å². The molecule has 3 nitrogen and oxygen atoms in total. The van der Waals surface area contributed by atoms with Crippen molar-refractivity contribution < 1.29 is 13.6 Å². The molecular formula is C14H16F2N2O. The number of amides is 1. The molecule has 1 atom stereocenters. The molecule has 0 spiro atoms. The number of hydrogen-bond donors (Lipinski definition) is 1. The Labute approximate surface area is 110 Å². The molecule has 0 saturated carbocycles. The molecule has 1 saturated heterocycles. The molecule has 0 radical (unpaired) electrons. The van der Waals surface area contributed by atoms with Crippen LogP contribution < -0.4 is 5.73 Å². The first kappa shape index (κ1) is 13.7. The molecule has 2 N–H and O–H groups in total. The third-order valence-corrected chi connectivity index (χ3v) is 3.32. The fraction of sp³-hybridized carbons (Fsp3) is 0.357. The molecule has 1 aromatic carbocycles. The Bertz CT molecular complexity index is 482. The number of carbonyl (C=O) groups is 1. The van der Waals surface area contributed by atoms with Gasteiger partial charge in [-0.05, 0) is 37.1 Å². The first-order chi connectivity index (χ1) is 9.11. The average molecular weight is 266 g/mol. The highest BCUT2D eigenvalue weighted by Crippen LogP contribution is 2.17. The average Bonchev–Trinajstić information content (AvgIpc) is 2.86. The van der Waals surface area contributed by atoms with E-state index >= 15 is 0 Å². The minimum Gasteiger partial charge on any atom is -0.339 e. The lowest BCUT2D eigenvalue weighted by molar-refractivity contribution is -0.125. The van der Waals surface area contributed by atoms with Crippen molar-refractivity contribution in [2.45, 2.75) is 6.42 Å². The van der Waals surface area contributed by atoms with Crippen molar-refractivity contribution >= 4 is 12.0 Å². The Morgan fingerprint density at radius 3 is 2.68 bits per heavy atom. The van der Waals surface area contributed by atoms with Gasteiger partial charge in [0.25, 0.3) is 0 Å². The van der Waals surface area contributed by atoms with Gasteiger partial charge in [0.1, 0.15) is 11.6 Å². The Morgan fingerprint density at radius 2 is 2.11 bits per heavy atom. The summed E-state index contributed by atoms with van der Waals surface area (Å²) in [5.41, 5.74) is 5.36. The van der Waals surface area contributed by atoms with Crippen LogP contribution >= 0.6 is 0 Å². The van der Waals surface area contributed by atoms with Crippen LogP contribution in [0.1, 0.15) is 12.0 Å². The molecule has 1 aliphatic rings. The van der Waals surface area contributed by atoms with E-state index in [0.717, 1.165) is 18.6 Å². The fourth-order valence-corrected chi connectivity index (χ4v) is 2.16. The third kappa shape index (κ3) is 3.17. The van der Waals surface area contributed by atoms with E-state index in [9.17, 15) is 13.6 Å². The van der Waals surface area contributed by atoms with Crippen LogP contribution in [0.15, 0.2) is 24.3 Å². The zero-order chi connectivity index (χ0) is 13.8. The molecule has 102 valence electrons. The van der Waals surface area contributed by atoms with Crippen LogP contribution in [0.2, 0.25) is 0 Å². The smallest absolute Gasteiger partial charge is 0.246 e. The van der Waals surface area contributed by atoms with Crippen molar-refractivity contribution in [1.82, 2.24) is 4.90 Å². The van der Waals surface area contributed by atoms with Crippen LogP contribution in [0.3, 0.4) is 0 Å². The number of carbonyl (C=O) groups excluding carboxylic acids is 1. The molecule has 1 heterocycles. The van der Waals surface area contributed by atoms with Crippen LogP contribution in [0.5, 0.6) is 0 Å². The standard InChI is InChI=1S/C14H16F2N2O/c15-12-2-1-3-13(16)11(12)4-5-14(19)18-7-6-10(8-17)9-18/h1-5,10H,6-9,17H2/b5-4+. The normalized spacial score (nSPS) is 19.3. The van der Waals surface area contributed by atoms with Crippen LogP contribution in [0.25, 0.3) is 6.08 Å². The summed E-state index contributed by atoms with van der Waals surface area (Å²) in [4.78, 5) is 13.5. The summed E-state index contributed by atoms with van der Waals surface area (Å²) in [5.74, 6) is -1.27. The Kier molecular flexibility index (Phi) is 4.27. The monoisotopic (exact) mass is 266 g/mol. The number of benzene rings is 1. The van der Waals surface area contributed by atoms with E-state index in [2.05, 4.69) is 0 Å².